The van der Waals surface area contributed by atoms with Gasteiger partial charge in [-0.1, -0.05) is 43.1 Å². The van der Waals surface area contributed by atoms with Gasteiger partial charge in [0.25, 0.3) is 0 Å². The molecule has 1 aromatic carbocycles. The van der Waals surface area contributed by atoms with Crippen molar-refractivity contribution in [3.05, 3.63) is 33.3 Å². The van der Waals surface area contributed by atoms with Crippen LogP contribution in [0.5, 0.6) is 0 Å². The maximum Gasteiger partial charge on any atom is 0.0621 e. The van der Waals surface area contributed by atoms with Gasteiger partial charge in [0.2, 0.25) is 0 Å². The Morgan fingerprint density at radius 3 is 2.17 bits per heavy atom. The van der Waals surface area contributed by atoms with Crippen LogP contribution in [0.25, 0.3) is 0 Å². The van der Waals surface area contributed by atoms with Crippen molar-refractivity contribution in [3.63, 3.8) is 0 Å². The van der Waals surface area contributed by atoms with Crippen LogP contribution in [0.1, 0.15) is 30.9 Å². The molecule has 0 saturated carbocycles. The molecule has 66 valence electrons. The van der Waals surface area contributed by atoms with Gasteiger partial charge in [-0.2, -0.15) is 0 Å². The molecule has 0 amide bonds. The highest BCUT2D eigenvalue weighted by Crippen LogP contribution is 2.29. The molecule has 0 N–H and O–H groups in total. The molecule has 0 aromatic heterocycles. The van der Waals surface area contributed by atoms with E-state index in [4.69, 9.17) is 23.2 Å². The van der Waals surface area contributed by atoms with Crippen molar-refractivity contribution in [1.29, 1.82) is 0 Å². The summed E-state index contributed by atoms with van der Waals surface area (Å²) >= 11 is 11.9. The Labute approximate surface area is 83.5 Å². The highest BCUT2D eigenvalue weighted by atomic mass is 35.5. The zero-order chi connectivity index (χ0) is 9.30. The van der Waals surface area contributed by atoms with Crippen molar-refractivity contribution in [2.45, 2.75) is 26.7 Å². The minimum absolute atomic E-state index is 0.499. The van der Waals surface area contributed by atoms with Crippen LogP contribution < -0.4 is 0 Å². The predicted octanol–water partition coefficient (Wildman–Crippen LogP) is 4.43. The van der Waals surface area contributed by atoms with E-state index in [1.54, 1.807) is 0 Å². The lowest BCUT2D eigenvalue weighted by molar-refractivity contribution is 0.865. The molecule has 0 saturated heterocycles. The van der Waals surface area contributed by atoms with Crippen LogP contribution in [0.4, 0.5) is 0 Å². The van der Waals surface area contributed by atoms with Crippen LogP contribution in [0.2, 0.25) is 10.0 Å². The Bertz CT molecular complexity index is 267. The molecule has 0 bridgehead atoms. The van der Waals surface area contributed by atoms with E-state index in [1.165, 1.54) is 5.56 Å². The molecule has 2 heteroatoms. The lowest BCUT2D eigenvalue weighted by Crippen LogP contribution is -1.89. The normalized spacial score (nSPS) is 10.8. The fourth-order valence-electron chi connectivity index (χ4n) is 1.09. The second-order valence-corrected chi connectivity index (χ2v) is 4.07. The van der Waals surface area contributed by atoms with E-state index in [0.717, 1.165) is 5.56 Å². The number of benzene rings is 1. The molecule has 0 aliphatic carbocycles. The molecule has 12 heavy (non-hydrogen) atoms. The molecule has 0 aliphatic rings. The van der Waals surface area contributed by atoms with Crippen LogP contribution in [0.3, 0.4) is 0 Å². The molecule has 1 rings (SSSR count). The maximum atomic E-state index is 5.93. The smallest absolute Gasteiger partial charge is 0.0621 e. The third-order valence-corrected chi connectivity index (χ3v) is 2.80. The molecule has 1 aromatic rings. The Hall–Kier alpha value is -0.200. The van der Waals surface area contributed by atoms with E-state index in [1.807, 2.05) is 13.0 Å². The quantitative estimate of drug-likeness (QED) is 0.633. The summed E-state index contributed by atoms with van der Waals surface area (Å²) in [6.45, 7) is 6.25. The van der Waals surface area contributed by atoms with Crippen LogP contribution in [0, 0.1) is 6.92 Å². The molecule has 0 heterocycles. The summed E-state index contributed by atoms with van der Waals surface area (Å²) in [4.78, 5) is 0. The monoisotopic (exact) mass is 202 g/mol. The van der Waals surface area contributed by atoms with Crippen LogP contribution in [-0.4, -0.2) is 0 Å². The van der Waals surface area contributed by atoms with Gasteiger partial charge >= 0.3 is 0 Å². The largest absolute Gasteiger partial charge is 0.0827 e. The van der Waals surface area contributed by atoms with Gasteiger partial charge in [0.1, 0.15) is 0 Å². The first-order valence-electron chi connectivity index (χ1n) is 3.98. The topological polar surface area (TPSA) is 0 Å². The summed E-state index contributed by atoms with van der Waals surface area (Å²) < 4.78 is 0. The van der Waals surface area contributed by atoms with Crippen LogP contribution in [-0.2, 0) is 0 Å². The van der Waals surface area contributed by atoms with Crippen molar-refractivity contribution in [1.82, 2.24) is 0 Å². The Morgan fingerprint density at radius 1 is 1.17 bits per heavy atom. The fraction of sp³-hybridized carbons (Fsp3) is 0.400. The zero-order valence-corrected chi connectivity index (χ0v) is 9.00. The minimum Gasteiger partial charge on any atom is -0.0827 e. The van der Waals surface area contributed by atoms with Crippen molar-refractivity contribution in [2.24, 2.45) is 0 Å². The first kappa shape index (κ1) is 9.88. The van der Waals surface area contributed by atoms with Crippen molar-refractivity contribution in [3.8, 4) is 0 Å². The van der Waals surface area contributed by atoms with Gasteiger partial charge in [-0.3, -0.25) is 0 Å². The summed E-state index contributed by atoms with van der Waals surface area (Å²) in [5.74, 6) is 0.499. The number of rotatable bonds is 1. The molecule has 0 radical (unpaired) electrons. The average molecular weight is 203 g/mol. The highest BCUT2D eigenvalue weighted by Gasteiger charge is 2.06. The molecule has 0 nitrogen and oxygen atoms in total. The summed E-state index contributed by atoms with van der Waals surface area (Å²) in [5, 5.41) is 1.32. The van der Waals surface area contributed by atoms with Gasteiger partial charge in [0.15, 0.2) is 0 Å². The van der Waals surface area contributed by atoms with E-state index in [-0.39, 0.29) is 0 Å². The first-order chi connectivity index (χ1) is 5.52. The van der Waals surface area contributed by atoms with Crippen LogP contribution >= 0.6 is 23.2 Å². The first-order valence-corrected chi connectivity index (χ1v) is 4.73. The number of halogens is 2. The maximum absolute atomic E-state index is 5.93. The average Bonchev–Trinajstić information content (AvgIpc) is 1.99. The van der Waals surface area contributed by atoms with Crippen molar-refractivity contribution in [2.75, 3.05) is 0 Å². The molecule has 0 atom stereocenters. The lowest BCUT2D eigenvalue weighted by atomic mass is 10.0. The van der Waals surface area contributed by atoms with E-state index in [0.29, 0.717) is 16.0 Å². The summed E-state index contributed by atoms with van der Waals surface area (Å²) in [6.07, 6.45) is 0. The Balaban J connectivity index is 3.21. The van der Waals surface area contributed by atoms with Crippen LogP contribution in [0.15, 0.2) is 12.1 Å². The van der Waals surface area contributed by atoms with Gasteiger partial charge in [0, 0.05) is 0 Å². The van der Waals surface area contributed by atoms with E-state index < -0.39 is 0 Å². The van der Waals surface area contributed by atoms with E-state index >= 15 is 0 Å². The molecule has 0 spiro atoms. The SMILES string of the molecule is Cc1cc(C(C)C)cc(Cl)c1Cl. The van der Waals surface area contributed by atoms with Gasteiger partial charge in [-0.25, -0.2) is 0 Å². The van der Waals surface area contributed by atoms with Gasteiger partial charge < -0.3 is 0 Å². The fourth-order valence-corrected chi connectivity index (χ4v) is 1.47. The zero-order valence-electron chi connectivity index (χ0n) is 7.49. The predicted molar refractivity (Wildman–Crippen MR) is 55.3 cm³/mol. The third kappa shape index (κ3) is 1.94. The van der Waals surface area contributed by atoms with E-state index in [9.17, 15) is 0 Å². The summed E-state index contributed by atoms with van der Waals surface area (Å²) in [6, 6.07) is 4.01. The molecule has 0 aliphatic heterocycles. The second kappa shape index (κ2) is 3.68. The standard InChI is InChI=1S/C10H12Cl2/c1-6(2)8-4-7(3)10(12)9(11)5-8/h4-6H,1-3H3. The van der Waals surface area contributed by atoms with Gasteiger partial charge in [0.05, 0.1) is 10.0 Å². The number of aryl methyl sites for hydroxylation is 1. The van der Waals surface area contributed by atoms with Gasteiger partial charge in [-0.15, -0.1) is 0 Å². The lowest BCUT2D eigenvalue weighted by Gasteiger charge is -2.08. The Morgan fingerprint density at radius 2 is 1.75 bits per heavy atom. The van der Waals surface area contributed by atoms with Crippen molar-refractivity contribution >= 4 is 23.2 Å². The number of hydrogen-bond acceptors (Lipinski definition) is 0. The van der Waals surface area contributed by atoms with Gasteiger partial charge in [-0.05, 0) is 30.0 Å². The minimum atomic E-state index is 0.499. The number of hydrogen-bond donors (Lipinski definition) is 0. The second-order valence-electron chi connectivity index (χ2n) is 3.29. The molecule has 0 unspecified atom stereocenters. The Kier molecular flexibility index (Phi) is 3.03. The van der Waals surface area contributed by atoms with Crippen molar-refractivity contribution < 1.29 is 0 Å². The molecular formula is C10H12Cl2. The van der Waals surface area contributed by atoms with E-state index in [2.05, 4.69) is 19.9 Å². The summed E-state index contributed by atoms with van der Waals surface area (Å²) in [7, 11) is 0. The highest BCUT2D eigenvalue weighted by molar-refractivity contribution is 6.42. The molecule has 0 fully saturated rings. The third-order valence-electron chi connectivity index (χ3n) is 1.90. The molecular weight excluding hydrogens is 191 g/mol. The summed E-state index contributed by atoms with van der Waals surface area (Å²) in [5.41, 5.74) is 2.29.